The lowest BCUT2D eigenvalue weighted by Gasteiger charge is -2.30. The van der Waals surface area contributed by atoms with E-state index in [0.29, 0.717) is 18.8 Å². The number of carbonyl (C=O) groups excluding carboxylic acids is 1. The zero-order chi connectivity index (χ0) is 12.1. The molecule has 6 nitrogen and oxygen atoms in total. The van der Waals surface area contributed by atoms with E-state index in [1.54, 1.807) is 17.2 Å². The molecule has 1 aliphatic rings. The number of amides is 1. The molecule has 4 N–H and O–H groups in total. The van der Waals surface area contributed by atoms with E-state index in [-0.39, 0.29) is 5.91 Å². The van der Waals surface area contributed by atoms with Crippen LogP contribution in [-0.4, -0.2) is 42.0 Å². The van der Waals surface area contributed by atoms with Crippen LogP contribution >= 0.6 is 0 Å². The SMILES string of the molecule is NNC(C(=O)N1CCNCC1)c1ccccn1. The molecule has 0 saturated carbocycles. The number of carbonyl (C=O) groups is 1. The van der Waals surface area contributed by atoms with Crippen LogP contribution in [0, 0.1) is 0 Å². The molecule has 1 fully saturated rings. The van der Waals surface area contributed by atoms with Gasteiger partial charge in [-0.3, -0.25) is 15.6 Å². The van der Waals surface area contributed by atoms with Crippen LogP contribution in [0.4, 0.5) is 0 Å². The molecule has 92 valence electrons. The summed E-state index contributed by atoms with van der Waals surface area (Å²) in [6, 6.07) is 4.89. The molecule has 1 saturated heterocycles. The Morgan fingerprint density at radius 3 is 2.82 bits per heavy atom. The first-order chi connectivity index (χ1) is 8.33. The van der Waals surface area contributed by atoms with Crippen molar-refractivity contribution in [3.63, 3.8) is 0 Å². The van der Waals surface area contributed by atoms with Crippen molar-refractivity contribution in [3.8, 4) is 0 Å². The summed E-state index contributed by atoms with van der Waals surface area (Å²) in [5.74, 6) is 5.44. The van der Waals surface area contributed by atoms with E-state index in [9.17, 15) is 4.79 Å². The minimum atomic E-state index is -0.561. The molecule has 0 spiro atoms. The number of nitrogens with one attached hydrogen (secondary N) is 2. The molecule has 1 aromatic rings. The second-order valence-corrected chi connectivity index (χ2v) is 3.93. The monoisotopic (exact) mass is 235 g/mol. The number of hydrogen-bond acceptors (Lipinski definition) is 5. The molecule has 2 rings (SSSR count). The van der Waals surface area contributed by atoms with Gasteiger partial charge in [-0.25, -0.2) is 5.43 Å². The van der Waals surface area contributed by atoms with Crippen molar-refractivity contribution in [2.75, 3.05) is 26.2 Å². The molecule has 17 heavy (non-hydrogen) atoms. The van der Waals surface area contributed by atoms with Crippen LogP contribution in [0.5, 0.6) is 0 Å². The van der Waals surface area contributed by atoms with E-state index in [1.807, 2.05) is 12.1 Å². The molecule has 1 atom stereocenters. The highest BCUT2D eigenvalue weighted by molar-refractivity contribution is 5.82. The molecule has 1 aromatic heterocycles. The Labute approximate surface area is 100 Å². The van der Waals surface area contributed by atoms with E-state index < -0.39 is 6.04 Å². The predicted molar refractivity (Wildman–Crippen MR) is 63.8 cm³/mol. The van der Waals surface area contributed by atoms with Crippen LogP contribution in [0.1, 0.15) is 11.7 Å². The summed E-state index contributed by atoms with van der Waals surface area (Å²) in [7, 11) is 0. The number of nitrogens with two attached hydrogens (primary N) is 1. The van der Waals surface area contributed by atoms with Gasteiger partial charge in [0.25, 0.3) is 0 Å². The van der Waals surface area contributed by atoms with E-state index in [2.05, 4.69) is 15.7 Å². The largest absolute Gasteiger partial charge is 0.338 e. The van der Waals surface area contributed by atoms with Crippen molar-refractivity contribution < 1.29 is 4.79 Å². The highest BCUT2D eigenvalue weighted by Crippen LogP contribution is 2.12. The average Bonchev–Trinajstić information content (AvgIpc) is 2.42. The average molecular weight is 235 g/mol. The standard InChI is InChI=1S/C11H17N5O/c12-15-10(9-3-1-2-4-14-9)11(17)16-7-5-13-6-8-16/h1-4,10,13,15H,5-8,12H2. The number of piperazine rings is 1. The minimum absolute atomic E-state index is 0.0206. The summed E-state index contributed by atoms with van der Waals surface area (Å²) < 4.78 is 0. The normalized spacial score (nSPS) is 17.8. The van der Waals surface area contributed by atoms with Crippen molar-refractivity contribution in [1.29, 1.82) is 0 Å². The zero-order valence-corrected chi connectivity index (χ0v) is 9.60. The van der Waals surface area contributed by atoms with Crippen molar-refractivity contribution in [2.45, 2.75) is 6.04 Å². The molecule has 0 radical (unpaired) electrons. The lowest BCUT2D eigenvalue weighted by Crippen LogP contribution is -2.51. The summed E-state index contributed by atoms with van der Waals surface area (Å²) in [4.78, 5) is 18.2. The molecule has 0 bridgehead atoms. The van der Waals surface area contributed by atoms with Crippen LogP contribution < -0.4 is 16.6 Å². The van der Waals surface area contributed by atoms with Gasteiger partial charge in [-0.2, -0.15) is 0 Å². The first-order valence-corrected chi connectivity index (χ1v) is 5.69. The fourth-order valence-electron chi connectivity index (χ4n) is 1.90. The number of hydrogen-bond donors (Lipinski definition) is 3. The fourth-order valence-corrected chi connectivity index (χ4v) is 1.90. The van der Waals surface area contributed by atoms with E-state index in [1.165, 1.54) is 0 Å². The Hall–Kier alpha value is -1.50. The van der Waals surface area contributed by atoms with Gasteiger partial charge in [-0.1, -0.05) is 6.07 Å². The number of aromatic nitrogens is 1. The van der Waals surface area contributed by atoms with Gasteiger partial charge in [0, 0.05) is 32.4 Å². The van der Waals surface area contributed by atoms with Crippen LogP contribution in [0.2, 0.25) is 0 Å². The van der Waals surface area contributed by atoms with Crippen LogP contribution in [0.15, 0.2) is 24.4 Å². The third-order valence-electron chi connectivity index (χ3n) is 2.83. The summed E-state index contributed by atoms with van der Waals surface area (Å²) in [6.45, 7) is 3.07. The first kappa shape index (κ1) is 12.0. The van der Waals surface area contributed by atoms with Crippen molar-refractivity contribution in [3.05, 3.63) is 30.1 Å². The topological polar surface area (TPSA) is 83.3 Å². The Kier molecular flexibility index (Phi) is 4.03. The second-order valence-electron chi connectivity index (χ2n) is 3.93. The van der Waals surface area contributed by atoms with Gasteiger partial charge in [-0.15, -0.1) is 0 Å². The van der Waals surface area contributed by atoms with Crippen LogP contribution in [0.3, 0.4) is 0 Å². The Morgan fingerprint density at radius 2 is 2.24 bits per heavy atom. The molecule has 0 aromatic carbocycles. The highest BCUT2D eigenvalue weighted by atomic mass is 16.2. The number of nitrogens with zero attached hydrogens (tertiary/aromatic N) is 2. The van der Waals surface area contributed by atoms with Gasteiger partial charge in [0.15, 0.2) is 0 Å². The maximum absolute atomic E-state index is 12.2. The molecule has 1 aliphatic heterocycles. The Balaban J connectivity index is 2.10. The number of rotatable bonds is 3. The lowest BCUT2D eigenvalue weighted by atomic mass is 10.1. The van der Waals surface area contributed by atoms with E-state index in [4.69, 9.17) is 5.84 Å². The quantitative estimate of drug-likeness (QED) is 0.463. The number of pyridine rings is 1. The van der Waals surface area contributed by atoms with Crippen molar-refractivity contribution in [1.82, 2.24) is 20.6 Å². The minimum Gasteiger partial charge on any atom is -0.338 e. The van der Waals surface area contributed by atoms with Crippen LogP contribution in [0.25, 0.3) is 0 Å². The molecule has 6 heteroatoms. The van der Waals surface area contributed by atoms with Gasteiger partial charge in [0.2, 0.25) is 5.91 Å². The molecule has 2 heterocycles. The third kappa shape index (κ3) is 2.79. The van der Waals surface area contributed by atoms with Gasteiger partial charge >= 0.3 is 0 Å². The maximum atomic E-state index is 12.2. The predicted octanol–water partition coefficient (Wildman–Crippen LogP) is -0.982. The Morgan fingerprint density at radius 1 is 1.47 bits per heavy atom. The smallest absolute Gasteiger partial charge is 0.247 e. The van der Waals surface area contributed by atoms with Crippen LogP contribution in [-0.2, 0) is 4.79 Å². The summed E-state index contributed by atoms with van der Waals surface area (Å²) >= 11 is 0. The number of hydrazine groups is 1. The van der Waals surface area contributed by atoms with Gasteiger partial charge < -0.3 is 10.2 Å². The van der Waals surface area contributed by atoms with E-state index in [0.717, 1.165) is 13.1 Å². The second kappa shape index (κ2) is 5.72. The summed E-state index contributed by atoms with van der Waals surface area (Å²) in [5, 5.41) is 3.21. The van der Waals surface area contributed by atoms with Gasteiger partial charge in [0.05, 0.1) is 5.69 Å². The molecular formula is C11H17N5O. The third-order valence-corrected chi connectivity index (χ3v) is 2.83. The first-order valence-electron chi connectivity index (χ1n) is 5.69. The lowest BCUT2D eigenvalue weighted by molar-refractivity contribution is -0.134. The van der Waals surface area contributed by atoms with E-state index >= 15 is 0 Å². The maximum Gasteiger partial charge on any atom is 0.247 e. The Bertz CT molecular complexity index is 363. The van der Waals surface area contributed by atoms with Crippen molar-refractivity contribution >= 4 is 5.91 Å². The summed E-state index contributed by atoms with van der Waals surface area (Å²) in [6.07, 6.45) is 1.66. The zero-order valence-electron chi connectivity index (χ0n) is 9.60. The van der Waals surface area contributed by atoms with Gasteiger partial charge in [0.1, 0.15) is 6.04 Å². The molecule has 1 unspecified atom stereocenters. The van der Waals surface area contributed by atoms with Crippen molar-refractivity contribution in [2.24, 2.45) is 5.84 Å². The molecule has 0 aliphatic carbocycles. The highest BCUT2D eigenvalue weighted by Gasteiger charge is 2.26. The molecule has 1 amide bonds. The fraction of sp³-hybridized carbons (Fsp3) is 0.455. The molecular weight excluding hydrogens is 218 g/mol. The summed E-state index contributed by atoms with van der Waals surface area (Å²) in [5.41, 5.74) is 3.19. The van der Waals surface area contributed by atoms with Gasteiger partial charge in [-0.05, 0) is 12.1 Å².